The lowest BCUT2D eigenvalue weighted by Crippen LogP contribution is -2.42. The van der Waals surface area contributed by atoms with Crippen molar-refractivity contribution in [2.24, 2.45) is 5.41 Å². The smallest absolute Gasteiger partial charge is 0.263 e. The number of hydrogen-bond donors (Lipinski definition) is 2. The third-order valence-corrected chi connectivity index (χ3v) is 6.09. The highest BCUT2D eigenvalue weighted by atomic mass is 35.5. The summed E-state index contributed by atoms with van der Waals surface area (Å²) in [5, 5.41) is 7.91. The van der Waals surface area contributed by atoms with Crippen LogP contribution in [-0.2, 0) is 6.61 Å². The number of aromatic nitrogens is 1. The quantitative estimate of drug-likeness (QED) is 0.783. The highest BCUT2D eigenvalue weighted by molar-refractivity contribution is 7.13. The zero-order valence-corrected chi connectivity index (χ0v) is 16.7. The molecule has 0 spiro atoms. The third kappa shape index (κ3) is 4.96. The Morgan fingerprint density at radius 3 is 2.73 bits per heavy atom. The molecule has 1 amide bonds. The van der Waals surface area contributed by atoms with Crippen LogP contribution in [0.5, 0.6) is 5.75 Å². The maximum Gasteiger partial charge on any atom is 0.263 e. The van der Waals surface area contributed by atoms with Gasteiger partial charge in [0.05, 0.1) is 5.69 Å². The molecule has 2 heterocycles. The number of carbonyl (C=O) groups is 1. The molecule has 26 heavy (non-hydrogen) atoms. The fourth-order valence-electron chi connectivity index (χ4n) is 2.98. The molecule has 2 aromatic rings. The Hall–Kier alpha value is -1.63. The van der Waals surface area contributed by atoms with Gasteiger partial charge in [0.15, 0.2) is 0 Å². The Kier molecular flexibility index (Phi) is 6.16. The van der Waals surface area contributed by atoms with Crippen LogP contribution >= 0.6 is 22.9 Å². The molecule has 3 rings (SSSR count). The zero-order chi connectivity index (χ0) is 18.6. The number of piperidine rings is 1. The second-order valence-corrected chi connectivity index (χ2v) is 8.53. The minimum absolute atomic E-state index is 0.0440. The molecule has 140 valence electrons. The Balaban J connectivity index is 1.56. The average Bonchev–Trinajstić information content (AvgIpc) is 3.01. The maximum atomic E-state index is 12.6. The summed E-state index contributed by atoms with van der Waals surface area (Å²) in [6, 6.07) is 7.20. The molecular formula is C19H24ClN3O2S. The number of nitrogens with one attached hydrogen (secondary N) is 2. The van der Waals surface area contributed by atoms with Crippen LogP contribution in [0.2, 0.25) is 5.02 Å². The molecule has 0 radical (unpaired) electrons. The number of aryl methyl sites for hydroxylation is 1. The minimum Gasteiger partial charge on any atom is -0.486 e. The summed E-state index contributed by atoms with van der Waals surface area (Å²) >= 11 is 7.26. The van der Waals surface area contributed by atoms with Crippen molar-refractivity contribution in [1.29, 1.82) is 0 Å². The third-order valence-electron chi connectivity index (χ3n) is 4.71. The first-order valence-corrected chi connectivity index (χ1v) is 9.98. The van der Waals surface area contributed by atoms with Crippen molar-refractivity contribution in [3.05, 3.63) is 44.9 Å². The van der Waals surface area contributed by atoms with Crippen molar-refractivity contribution >= 4 is 28.8 Å². The zero-order valence-electron chi connectivity index (χ0n) is 15.1. The van der Waals surface area contributed by atoms with Crippen LogP contribution in [0, 0.1) is 12.3 Å². The fourth-order valence-corrected chi connectivity index (χ4v) is 4.00. The van der Waals surface area contributed by atoms with Gasteiger partial charge in [0.25, 0.3) is 5.91 Å². The predicted molar refractivity (Wildman–Crippen MR) is 105 cm³/mol. The van der Waals surface area contributed by atoms with Crippen molar-refractivity contribution in [1.82, 2.24) is 15.6 Å². The van der Waals surface area contributed by atoms with Gasteiger partial charge in [-0.2, -0.15) is 0 Å². The van der Waals surface area contributed by atoms with E-state index < -0.39 is 0 Å². The van der Waals surface area contributed by atoms with E-state index in [0.29, 0.717) is 23.1 Å². The fraction of sp³-hybridized carbons (Fsp3) is 0.474. The number of ether oxygens (including phenoxy) is 1. The van der Waals surface area contributed by atoms with Crippen LogP contribution in [0.1, 0.15) is 40.1 Å². The monoisotopic (exact) mass is 393 g/mol. The van der Waals surface area contributed by atoms with Crippen LogP contribution in [0.3, 0.4) is 0 Å². The van der Waals surface area contributed by atoms with E-state index in [4.69, 9.17) is 16.3 Å². The van der Waals surface area contributed by atoms with Gasteiger partial charge >= 0.3 is 0 Å². The molecular weight excluding hydrogens is 370 g/mol. The molecule has 1 aliphatic heterocycles. The molecule has 1 saturated heterocycles. The molecule has 0 saturated carbocycles. The first-order valence-electron chi connectivity index (χ1n) is 8.79. The molecule has 0 atom stereocenters. The van der Waals surface area contributed by atoms with Crippen molar-refractivity contribution in [3.63, 3.8) is 0 Å². The van der Waals surface area contributed by atoms with Gasteiger partial charge in [0.1, 0.15) is 22.2 Å². The van der Waals surface area contributed by atoms with Crippen LogP contribution in [0.25, 0.3) is 0 Å². The summed E-state index contributed by atoms with van der Waals surface area (Å²) < 4.78 is 5.72. The number of nitrogens with zero attached hydrogens (tertiary/aromatic N) is 1. The number of hydrogen-bond acceptors (Lipinski definition) is 5. The highest BCUT2D eigenvalue weighted by Gasteiger charge is 2.27. The van der Waals surface area contributed by atoms with Crippen molar-refractivity contribution in [2.75, 3.05) is 19.6 Å². The molecule has 1 fully saturated rings. The molecule has 7 heteroatoms. The van der Waals surface area contributed by atoms with E-state index in [1.807, 2.05) is 19.1 Å². The predicted octanol–water partition coefficient (Wildman–Crippen LogP) is 3.80. The second kappa shape index (κ2) is 8.37. The largest absolute Gasteiger partial charge is 0.486 e. The number of halogens is 1. The molecule has 0 aliphatic carbocycles. The first kappa shape index (κ1) is 19.1. The van der Waals surface area contributed by atoms with Gasteiger partial charge in [-0.05, 0) is 62.5 Å². The molecule has 5 nitrogen and oxygen atoms in total. The van der Waals surface area contributed by atoms with E-state index in [2.05, 4.69) is 22.5 Å². The van der Waals surface area contributed by atoms with Crippen LogP contribution < -0.4 is 15.4 Å². The van der Waals surface area contributed by atoms with E-state index in [1.54, 1.807) is 12.1 Å². The van der Waals surface area contributed by atoms with Crippen LogP contribution in [-0.4, -0.2) is 30.5 Å². The molecule has 1 aromatic carbocycles. The van der Waals surface area contributed by atoms with Gasteiger partial charge in [-0.25, -0.2) is 4.98 Å². The van der Waals surface area contributed by atoms with E-state index >= 15 is 0 Å². The first-order chi connectivity index (χ1) is 12.5. The summed E-state index contributed by atoms with van der Waals surface area (Å²) in [4.78, 5) is 17.7. The summed E-state index contributed by atoms with van der Waals surface area (Å²) in [6.07, 6.45) is 2.16. The molecule has 0 bridgehead atoms. The lowest BCUT2D eigenvalue weighted by atomic mass is 9.81. The van der Waals surface area contributed by atoms with E-state index in [0.717, 1.165) is 42.4 Å². The minimum atomic E-state index is -0.0440. The summed E-state index contributed by atoms with van der Waals surface area (Å²) in [5.41, 5.74) is 0.915. The number of carbonyl (C=O) groups excluding carboxylic acids is 1. The van der Waals surface area contributed by atoms with Gasteiger partial charge in [0, 0.05) is 11.6 Å². The molecule has 1 aromatic heterocycles. The SMILES string of the molecule is Cc1nc(COc2ccc(Cl)cc2)sc1C(=O)NCC1(C)CCNCC1. The molecule has 1 aliphatic rings. The second-order valence-electron chi connectivity index (χ2n) is 7.01. The Labute approximate surface area is 163 Å². The normalized spacial score (nSPS) is 16.3. The van der Waals surface area contributed by atoms with Crippen molar-refractivity contribution in [2.45, 2.75) is 33.3 Å². The van der Waals surface area contributed by atoms with E-state index in [9.17, 15) is 4.79 Å². The lowest BCUT2D eigenvalue weighted by Gasteiger charge is -2.34. The topological polar surface area (TPSA) is 63.2 Å². The number of thiazole rings is 1. The van der Waals surface area contributed by atoms with Crippen molar-refractivity contribution in [3.8, 4) is 5.75 Å². The Morgan fingerprint density at radius 1 is 1.35 bits per heavy atom. The van der Waals surface area contributed by atoms with Gasteiger partial charge in [-0.15, -0.1) is 11.3 Å². The summed E-state index contributed by atoms with van der Waals surface area (Å²) in [5.74, 6) is 0.685. The van der Waals surface area contributed by atoms with E-state index in [-0.39, 0.29) is 11.3 Å². The number of amides is 1. The van der Waals surface area contributed by atoms with Crippen LogP contribution in [0.15, 0.2) is 24.3 Å². The number of rotatable bonds is 6. The van der Waals surface area contributed by atoms with Gasteiger partial charge in [0.2, 0.25) is 0 Å². The van der Waals surface area contributed by atoms with Crippen LogP contribution in [0.4, 0.5) is 0 Å². The molecule has 2 N–H and O–H groups in total. The van der Waals surface area contributed by atoms with Gasteiger partial charge < -0.3 is 15.4 Å². The summed E-state index contributed by atoms with van der Waals surface area (Å²) in [6.45, 7) is 7.16. The standard InChI is InChI=1S/C19H24ClN3O2S/c1-13-17(18(24)22-12-19(2)7-9-21-10-8-19)26-16(23-13)11-25-15-5-3-14(20)4-6-15/h3-6,21H,7-12H2,1-2H3,(H,22,24). The number of benzene rings is 1. The van der Waals surface area contributed by atoms with E-state index in [1.165, 1.54) is 11.3 Å². The Morgan fingerprint density at radius 2 is 2.04 bits per heavy atom. The highest BCUT2D eigenvalue weighted by Crippen LogP contribution is 2.27. The van der Waals surface area contributed by atoms with Crippen molar-refractivity contribution < 1.29 is 9.53 Å². The lowest BCUT2D eigenvalue weighted by molar-refractivity contribution is 0.0925. The average molecular weight is 394 g/mol. The van der Waals surface area contributed by atoms with Gasteiger partial charge in [-0.3, -0.25) is 4.79 Å². The summed E-state index contributed by atoms with van der Waals surface area (Å²) in [7, 11) is 0. The molecule has 0 unspecified atom stereocenters. The van der Waals surface area contributed by atoms with Gasteiger partial charge in [-0.1, -0.05) is 18.5 Å². The maximum absolute atomic E-state index is 12.6. The Bertz CT molecular complexity index is 755.